The Hall–Kier alpha value is -2.27. The van der Waals surface area contributed by atoms with Gasteiger partial charge in [0.25, 0.3) is 5.91 Å². The van der Waals surface area contributed by atoms with Gasteiger partial charge in [0.2, 0.25) is 5.88 Å². The van der Waals surface area contributed by atoms with Crippen molar-refractivity contribution in [3.8, 4) is 5.88 Å². The van der Waals surface area contributed by atoms with Crippen molar-refractivity contribution in [1.29, 1.82) is 0 Å². The molecule has 0 spiro atoms. The van der Waals surface area contributed by atoms with E-state index in [1.165, 1.54) is 30.6 Å². The van der Waals surface area contributed by atoms with Gasteiger partial charge in [-0.15, -0.1) is 17.5 Å². The van der Waals surface area contributed by atoms with E-state index in [9.17, 15) is 9.18 Å². The highest BCUT2D eigenvalue weighted by Crippen LogP contribution is 2.31. The smallest absolute Gasteiger partial charge is 0.267 e. The molecule has 11 heteroatoms. The number of hydrogen-bond acceptors (Lipinski definition) is 7. The second-order valence-corrected chi connectivity index (χ2v) is 8.11. The molecule has 1 saturated heterocycles. The lowest BCUT2D eigenvalue weighted by Gasteiger charge is -2.27. The Labute approximate surface area is 190 Å². The fourth-order valence-corrected chi connectivity index (χ4v) is 4.49. The zero-order valence-corrected chi connectivity index (χ0v) is 19.0. The Morgan fingerprint density at radius 1 is 1.35 bits per heavy atom. The monoisotopic (exact) mass is 469 g/mol. The van der Waals surface area contributed by atoms with E-state index in [0.29, 0.717) is 27.5 Å². The van der Waals surface area contributed by atoms with E-state index in [1.807, 2.05) is 0 Å². The minimum absolute atomic E-state index is 0. The maximum absolute atomic E-state index is 13.6. The predicted molar refractivity (Wildman–Crippen MR) is 120 cm³/mol. The minimum atomic E-state index is -0.322. The molecule has 168 valence electrons. The van der Waals surface area contributed by atoms with Gasteiger partial charge < -0.3 is 9.47 Å². The molecule has 2 aromatic heterocycles. The number of carbonyl (C=O) groups is 1. The number of rotatable bonds is 7. The molecule has 4 rings (SSSR count). The highest BCUT2D eigenvalue weighted by Gasteiger charge is 2.26. The summed E-state index contributed by atoms with van der Waals surface area (Å²) in [6, 6.07) is 4.45. The molecule has 0 atom stereocenters. The maximum Gasteiger partial charge on any atom is 0.267 e. The largest absolute Gasteiger partial charge is 0.479 e. The lowest BCUT2D eigenvalue weighted by molar-refractivity contribution is 0.0376. The second-order valence-electron chi connectivity index (χ2n) is 7.10. The molecular formula is C20H25ClFN5O3S. The van der Waals surface area contributed by atoms with E-state index < -0.39 is 0 Å². The molecule has 0 N–H and O–H groups in total. The van der Waals surface area contributed by atoms with E-state index in [4.69, 9.17) is 9.47 Å². The number of halogens is 2. The van der Waals surface area contributed by atoms with Crippen molar-refractivity contribution in [3.05, 3.63) is 35.8 Å². The van der Waals surface area contributed by atoms with Crippen LogP contribution in [0.3, 0.4) is 0 Å². The van der Waals surface area contributed by atoms with Crippen LogP contribution in [-0.2, 0) is 11.8 Å². The Balaban J connectivity index is 0.00000272. The van der Waals surface area contributed by atoms with E-state index >= 15 is 0 Å². The van der Waals surface area contributed by atoms with Crippen molar-refractivity contribution in [2.24, 2.45) is 7.05 Å². The molecule has 0 aliphatic carbocycles. The molecular weight excluding hydrogens is 445 g/mol. The number of thiazole rings is 1. The lowest BCUT2D eigenvalue weighted by Crippen LogP contribution is -2.39. The normalized spacial score (nSPS) is 14.4. The third-order valence-electron chi connectivity index (χ3n) is 4.99. The lowest BCUT2D eigenvalue weighted by atomic mass is 10.2. The van der Waals surface area contributed by atoms with Gasteiger partial charge in [0, 0.05) is 39.4 Å². The van der Waals surface area contributed by atoms with Crippen molar-refractivity contribution in [2.45, 2.75) is 6.42 Å². The highest BCUT2D eigenvalue weighted by molar-refractivity contribution is 7.22. The van der Waals surface area contributed by atoms with Gasteiger partial charge in [0.05, 0.1) is 30.5 Å². The van der Waals surface area contributed by atoms with Gasteiger partial charge in [0.15, 0.2) is 5.13 Å². The van der Waals surface area contributed by atoms with Crippen LogP contribution in [0.15, 0.2) is 24.4 Å². The summed E-state index contributed by atoms with van der Waals surface area (Å²) < 4.78 is 26.6. The fraction of sp³-hybridized carbons (Fsp3) is 0.450. The van der Waals surface area contributed by atoms with Crippen LogP contribution in [0.1, 0.15) is 16.8 Å². The Morgan fingerprint density at radius 2 is 2.13 bits per heavy atom. The van der Waals surface area contributed by atoms with E-state index in [-0.39, 0.29) is 30.0 Å². The van der Waals surface area contributed by atoms with Crippen molar-refractivity contribution < 1.29 is 18.7 Å². The first-order chi connectivity index (χ1) is 14.5. The van der Waals surface area contributed by atoms with Gasteiger partial charge in [-0.3, -0.25) is 19.3 Å². The van der Waals surface area contributed by atoms with E-state index in [1.54, 1.807) is 28.9 Å². The van der Waals surface area contributed by atoms with E-state index in [0.717, 1.165) is 39.3 Å². The van der Waals surface area contributed by atoms with Crippen LogP contribution in [0.4, 0.5) is 9.52 Å². The summed E-state index contributed by atoms with van der Waals surface area (Å²) >= 11 is 1.30. The molecule has 1 fully saturated rings. The average Bonchev–Trinajstić information content (AvgIpc) is 3.34. The summed E-state index contributed by atoms with van der Waals surface area (Å²) in [6.07, 6.45) is 2.42. The number of methoxy groups -OCH3 is 1. The molecule has 1 aliphatic heterocycles. The van der Waals surface area contributed by atoms with Crippen LogP contribution in [0, 0.1) is 5.82 Å². The summed E-state index contributed by atoms with van der Waals surface area (Å²) in [5, 5.41) is 4.73. The Bertz CT molecular complexity index is 1040. The zero-order valence-electron chi connectivity index (χ0n) is 17.4. The molecule has 31 heavy (non-hydrogen) atoms. The summed E-state index contributed by atoms with van der Waals surface area (Å²) in [6.45, 7) is 4.60. The number of benzene rings is 1. The summed E-state index contributed by atoms with van der Waals surface area (Å²) in [4.78, 5) is 22.0. The quantitative estimate of drug-likeness (QED) is 0.529. The SMILES string of the molecule is COc1nn(C)cc1C(=O)N(CCCN1CCOCC1)c1nc2ccc(F)cc2s1.Cl. The van der Waals surface area contributed by atoms with Crippen molar-refractivity contribution in [2.75, 3.05) is 51.4 Å². The molecule has 1 aromatic carbocycles. The number of ether oxygens (including phenoxy) is 2. The number of morpholine rings is 1. The Kier molecular flexibility index (Phi) is 7.82. The zero-order chi connectivity index (χ0) is 21.1. The first-order valence-electron chi connectivity index (χ1n) is 9.81. The van der Waals surface area contributed by atoms with Gasteiger partial charge >= 0.3 is 0 Å². The number of anilines is 1. The summed E-state index contributed by atoms with van der Waals surface area (Å²) in [5.41, 5.74) is 1.04. The Morgan fingerprint density at radius 3 is 2.87 bits per heavy atom. The summed E-state index contributed by atoms with van der Waals surface area (Å²) in [7, 11) is 3.23. The van der Waals surface area contributed by atoms with Crippen LogP contribution >= 0.6 is 23.7 Å². The molecule has 3 aromatic rings. The highest BCUT2D eigenvalue weighted by atomic mass is 35.5. The third kappa shape index (κ3) is 5.32. The van der Waals surface area contributed by atoms with Gasteiger partial charge in [0.1, 0.15) is 11.4 Å². The predicted octanol–water partition coefficient (Wildman–Crippen LogP) is 2.97. The first kappa shape index (κ1) is 23.4. The van der Waals surface area contributed by atoms with Crippen LogP contribution < -0.4 is 9.64 Å². The van der Waals surface area contributed by atoms with Crippen molar-refractivity contribution >= 4 is 45.0 Å². The number of aryl methyl sites for hydroxylation is 1. The number of aromatic nitrogens is 3. The van der Waals surface area contributed by atoms with Crippen LogP contribution in [0.2, 0.25) is 0 Å². The number of fused-ring (bicyclic) bond motifs is 1. The van der Waals surface area contributed by atoms with Crippen molar-refractivity contribution in [1.82, 2.24) is 19.7 Å². The number of carbonyl (C=O) groups excluding carboxylic acids is 1. The fourth-order valence-electron chi connectivity index (χ4n) is 3.47. The minimum Gasteiger partial charge on any atom is -0.479 e. The maximum atomic E-state index is 13.6. The van der Waals surface area contributed by atoms with Gasteiger partial charge in [-0.25, -0.2) is 9.37 Å². The second kappa shape index (κ2) is 10.4. The first-order valence-corrected chi connectivity index (χ1v) is 10.6. The van der Waals surface area contributed by atoms with Crippen LogP contribution in [0.5, 0.6) is 5.88 Å². The molecule has 1 amide bonds. The molecule has 0 unspecified atom stereocenters. The molecule has 0 bridgehead atoms. The molecule has 0 saturated carbocycles. The standard InChI is InChI=1S/C20H24FN5O3S.ClH/c1-24-13-15(18(23-24)28-2)19(27)26(7-3-6-25-8-10-29-11-9-25)20-22-16-5-4-14(21)12-17(16)30-20;/h4-5,12-13H,3,6-11H2,1-2H3;1H. The van der Waals surface area contributed by atoms with Gasteiger partial charge in [-0.2, -0.15) is 0 Å². The average molecular weight is 470 g/mol. The van der Waals surface area contributed by atoms with Crippen LogP contribution in [-0.4, -0.2) is 72.1 Å². The number of nitrogens with zero attached hydrogens (tertiary/aromatic N) is 5. The number of amides is 1. The topological polar surface area (TPSA) is 72.7 Å². The number of hydrogen-bond donors (Lipinski definition) is 0. The van der Waals surface area contributed by atoms with Gasteiger partial charge in [-0.05, 0) is 24.6 Å². The van der Waals surface area contributed by atoms with Crippen LogP contribution in [0.25, 0.3) is 10.2 Å². The van der Waals surface area contributed by atoms with Crippen molar-refractivity contribution in [3.63, 3.8) is 0 Å². The summed E-state index contributed by atoms with van der Waals surface area (Å²) in [5.74, 6) is -0.286. The van der Waals surface area contributed by atoms with Gasteiger partial charge in [-0.1, -0.05) is 11.3 Å². The van der Waals surface area contributed by atoms with E-state index in [2.05, 4.69) is 15.0 Å². The molecule has 8 nitrogen and oxygen atoms in total. The molecule has 1 aliphatic rings. The molecule has 0 radical (unpaired) electrons. The third-order valence-corrected chi connectivity index (χ3v) is 6.03. The molecule has 3 heterocycles.